The van der Waals surface area contributed by atoms with Gasteiger partial charge in [-0.2, -0.15) is 13.2 Å². The maximum Gasteiger partial charge on any atom is 0.434 e. The zero-order chi connectivity index (χ0) is 20.6. The molecule has 0 aliphatic rings. The SMILES string of the molecule is Cc1ccc(F)c(CNc2ccc(-n3cc(C(F)(F)F)nc3C)c(F)c2)c1F. The summed E-state index contributed by atoms with van der Waals surface area (Å²) in [6.07, 6.45) is -3.94. The van der Waals surface area contributed by atoms with Gasteiger partial charge in [0.25, 0.3) is 0 Å². The van der Waals surface area contributed by atoms with Gasteiger partial charge in [0.1, 0.15) is 23.3 Å². The molecule has 0 saturated carbocycles. The number of hydrogen-bond donors (Lipinski definition) is 1. The van der Waals surface area contributed by atoms with Crippen LogP contribution in [-0.4, -0.2) is 9.55 Å². The molecule has 0 spiro atoms. The molecule has 0 saturated heterocycles. The minimum absolute atomic E-state index is 0.0316. The number of aromatic nitrogens is 2. The largest absolute Gasteiger partial charge is 0.434 e. The topological polar surface area (TPSA) is 29.9 Å². The van der Waals surface area contributed by atoms with Gasteiger partial charge < -0.3 is 9.88 Å². The molecule has 9 heteroatoms. The van der Waals surface area contributed by atoms with E-state index in [1.165, 1.54) is 32.0 Å². The number of hydrogen-bond acceptors (Lipinski definition) is 2. The predicted octanol–water partition coefficient (Wildman–Crippen LogP) is 5.54. The second-order valence-corrected chi connectivity index (χ2v) is 6.22. The summed E-state index contributed by atoms with van der Waals surface area (Å²) in [6, 6.07) is 6.14. The van der Waals surface area contributed by atoms with Crippen LogP contribution in [0.2, 0.25) is 0 Å². The van der Waals surface area contributed by atoms with Crippen molar-refractivity contribution in [2.45, 2.75) is 26.6 Å². The Hall–Kier alpha value is -2.97. The summed E-state index contributed by atoms with van der Waals surface area (Å²) in [5, 5.41) is 2.71. The first-order valence-electron chi connectivity index (χ1n) is 8.18. The van der Waals surface area contributed by atoms with E-state index in [1.807, 2.05) is 0 Å². The van der Waals surface area contributed by atoms with E-state index in [2.05, 4.69) is 10.3 Å². The highest BCUT2D eigenvalue weighted by Gasteiger charge is 2.34. The Balaban J connectivity index is 1.84. The van der Waals surface area contributed by atoms with Crippen molar-refractivity contribution in [2.75, 3.05) is 5.32 Å². The Labute approximate surface area is 156 Å². The third kappa shape index (κ3) is 3.83. The zero-order valence-corrected chi connectivity index (χ0v) is 14.8. The molecule has 0 atom stereocenters. The Bertz CT molecular complexity index is 1020. The van der Waals surface area contributed by atoms with Crippen LogP contribution in [0.4, 0.5) is 32.0 Å². The summed E-state index contributed by atoms with van der Waals surface area (Å²) < 4.78 is 81.6. The van der Waals surface area contributed by atoms with Crippen LogP contribution < -0.4 is 5.32 Å². The number of rotatable bonds is 4. The number of imidazole rings is 1. The Kier molecular flexibility index (Phi) is 5.10. The Morgan fingerprint density at radius 3 is 2.32 bits per heavy atom. The fourth-order valence-corrected chi connectivity index (χ4v) is 2.73. The van der Waals surface area contributed by atoms with Gasteiger partial charge in [0, 0.05) is 24.0 Å². The normalized spacial score (nSPS) is 11.7. The second kappa shape index (κ2) is 7.21. The number of nitrogens with one attached hydrogen (secondary N) is 1. The van der Waals surface area contributed by atoms with Gasteiger partial charge in [-0.3, -0.25) is 0 Å². The molecule has 0 aliphatic carbocycles. The fourth-order valence-electron chi connectivity index (χ4n) is 2.73. The molecule has 1 aromatic heterocycles. The van der Waals surface area contributed by atoms with Crippen molar-refractivity contribution in [2.24, 2.45) is 0 Å². The van der Waals surface area contributed by atoms with Crippen LogP contribution in [0, 0.1) is 31.3 Å². The molecule has 1 N–H and O–H groups in total. The lowest BCUT2D eigenvalue weighted by Gasteiger charge is -2.12. The van der Waals surface area contributed by atoms with E-state index in [0.717, 1.165) is 16.7 Å². The van der Waals surface area contributed by atoms with Gasteiger partial charge in [-0.05, 0) is 43.7 Å². The zero-order valence-electron chi connectivity index (χ0n) is 14.8. The van der Waals surface area contributed by atoms with Gasteiger partial charge in [-0.25, -0.2) is 18.2 Å². The maximum absolute atomic E-state index is 14.5. The van der Waals surface area contributed by atoms with Gasteiger partial charge in [-0.1, -0.05) is 6.07 Å². The number of benzene rings is 2. The smallest absolute Gasteiger partial charge is 0.381 e. The molecule has 0 bridgehead atoms. The van der Waals surface area contributed by atoms with Crippen LogP contribution in [0.3, 0.4) is 0 Å². The van der Waals surface area contributed by atoms with Gasteiger partial charge in [0.2, 0.25) is 0 Å². The summed E-state index contributed by atoms with van der Waals surface area (Å²) in [4.78, 5) is 3.40. The lowest BCUT2D eigenvalue weighted by molar-refractivity contribution is -0.141. The minimum Gasteiger partial charge on any atom is -0.381 e. The van der Waals surface area contributed by atoms with Crippen LogP contribution in [-0.2, 0) is 12.7 Å². The van der Waals surface area contributed by atoms with E-state index in [1.54, 1.807) is 0 Å². The number of halogens is 6. The summed E-state index contributed by atoms with van der Waals surface area (Å²) in [6.45, 7) is 2.60. The van der Waals surface area contributed by atoms with Gasteiger partial charge >= 0.3 is 6.18 Å². The predicted molar refractivity (Wildman–Crippen MR) is 91.7 cm³/mol. The molecule has 0 unspecified atom stereocenters. The van der Waals surface area contributed by atoms with Crippen molar-refractivity contribution >= 4 is 5.69 Å². The molecule has 2 aromatic carbocycles. The third-order valence-electron chi connectivity index (χ3n) is 4.23. The standard InChI is InChI=1S/C19H15F6N3/c1-10-3-5-14(20)13(18(10)22)8-26-12-4-6-16(15(21)7-12)28-9-17(19(23,24)25)27-11(28)2/h3-7,9,26H,8H2,1-2H3. The third-order valence-corrected chi connectivity index (χ3v) is 4.23. The monoisotopic (exact) mass is 399 g/mol. The van der Waals surface area contributed by atoms with Crippen LogP contribution in [0.25, 0.3) is 5.69 Å². The number of anilines is 1. The quantitative estimate of drug-likeness (QED) is 0.584. The van der Waals surface area contributed by atoms with Crippen molar-refractivity contribution in [3.05, 3.63) is 76.6 Å². The molecule has 0 radical (unpaired) electrons. The van der Waals surface area contributed by atoms with E-state index in [9.17, 15) is 26.3 Å². The first kappa shape index (κ1) is 19.8. The average Bonchev–Trinajstić information content (AvgIpc) is 3.00. The molecule has 28 heavy (non-hydrogen) atoms. The Morgan fingerprint density at radius 2 is 1.71 bits per heavy atom. The van der Waals surface area contributed by atoms with Crippen LogP contribution in [0.15, 0.2) is 36.5 Å². The van der Waals surface area contributed by atoms with E-state index in [-0.39, 0.29) is 34.9 Å². The molecular formula is C19H15F6N3. The lowest BCUT2D eigenvalue weighted by Crippen LogP contribution is -2.07. The molecule has 3 nitrogen and oxygen atoms in total. The van der Waals surface area contributed by atoms with Crippen molar-refractivity contribution in [3.63, 3.8) is 0 Å². The van der Waals surface area contributed by atoms with Gasteiger partial charge in [0.05, 0.1) is 5.69 Å². The van der Waals surface area contributed by atoms with Crippen LogP contribution in [0.1, 0.15) is 22.6 Å². The number of alkyl halides is 3. The molecule has 0 aliphatic heterocycles. The molecule has 3 rings (SSSR count). The van der Waals surface area contributed by atoms with E-state index in [4.69, 9.17) is 0 Å². The maximum atomic E-state index is 14.5. The fraction of sp³-hybridized carbons (Fsp3) is 0.211. The summed E-state index contributed by atoms with van der Waals surface area (Å²) >= 11 is 0. The number of aryl methyl sites for hydroxylation is 2. The van der Waals surface area contributed by atoms with Crippen LogP contribution >= 0.6 is 0 Å². The lowest BCUT2D eigenvalue weighted by atomic mass is 10.1. The number of nitrogens with zero attached hydrogens (tertiary/aromatic N) is 2. The first-order chi connectivity index (χ1) is 13.1. The van der Waals surface area contributed by atoms with Crippen LogP contribution in [0.5, 0.6) is 0 Å². The first-order valence-corrected chi connectivity index (χ1v) is 8.18. The molecule has 0 fully saturated rings. The van der Waals surface area contributed by atoms with Gasteiger partial charge in [-0.15, -0.1) is 0 Å². The summed E-state index contributed by atoms with van der Waals surface area (Å²) in [5.74, 6) is -2.28. The molecule has 0 amide bonds. The van der Waals surface area contributed by atoms with E-state index in [0.29, 0.717) is 6.20 Å². The highest BCUT2D eigenvalue weighted by Crippen LogP contribution is 2.30. The Morgan fingerprint density at radius 1 is 1.00 bits per heavy atom. The van der Waals surface area contributed by atoms with Gasteiger partial charge in [0.15, 0.2) is 5.69 Å². The van der Waals surface area contributed by atoms with Crippen molar-refractivity contribution in [1.29, 1.82) is 0 Å². The van der Waals surface area contributed by atoms with Crippen molar-refractivity contribution < 1.29 is 26.3 Å². The van der Waals surface area contributed by atoms with Crippen molar-refractivity contribution in [3.8, 4) is 5.69 Å². The molecule has 3 aromatic rings. The highest BCUT2D eigenvalue weighted by atomic mass is 19.4. The molecular weight excluding hydrogens is 384 g/mol. The second-order valence-electron chi connectivity index (χ2n) is 6.22. The molecule has 1 heterocycles. The molecule has 148 valence electrons. The average molecular weight is 399 g/mol. The van der Waals surface area contributed by atoms with E-state index >= 15 is 0 Å². The van der Waals surface area contributed by atoms with E-state index < -0.39 is 29.3 Å². The highest BCUT2D eigenvalue weighted by molar-refractivity contribution is 5.51. The summed E-state index contributed by atoms with van der Waals surface area (Å²) in [7, 11) is 0. The van der Waals surface area contributed by atoms with Crippen molar-refractivity contribution in [1.82, 2.24) is 9.55 Å². The minimum atomic E-state index is -4.64. The summed E-state index contributed by atoms with van der Waals surface area (Å²) in [5.41, 5.74) is -0.952.